The molecule has 0 aliphatic carbocycles. The first-order chi connectivity index (χ1) is 5.18. The number of nitrogens with two attached hydrogens (primary N) is 2. The fourth-order valence-corrected chi connectivity index (χ4v) is 0.605. The van der Waals surface area contributed by atoms with Crippen molar-refractivity contribution in [3.05, 3.63) is 18.0 Å². The zero-order chi connectivity index (χ0) is 8.27. The topological polar surface area (TPSA) is 90.2 Å². The number of hydrogen-bond acceptors (Lipinski definition) is 3. The summed E-state index contributed by atoms with van der Waals surface area (Å²) in [5.74, 6) is 0.264. The van der Waals surface area contributed by atoms with E-state index in [1.165, 1.54) is 0 Å². The van der Waals surface area contributed by atoms with Gasteiger partial charge in [0.25, 0.3) is 5.95 Å². The summed E-state index contributed by atoms with van der Waals surface area (Å²) >= 11 is 0. The minimum atomic E-state index is -0.0319. The van der Waals surface area contributed by atoms with E-state index >= 15 is 0 Å². The van der Waals surface area contributed by atoms with Crippen LogP contribution in [0.15, 0.2) is 17.3 Å². The smallest absolute Gasteiger partial charge is 0.252 e. The number of aromatic nitrogens is 2. The Bertz CT molecular complexity index is 276. The van der Waals surface area contributed by atoms with Crippen molar-refractivity contribution in [1.29, 1.82) is 0 Å². The normalized spacial score (nSPS) is 9.18. The average Bonchev–Trinajstić information content (AvgIpc) is 1.85. The maximum Gasteiger partial charge on any atom is 0.252 e. The molecule has 0 saturated carbocycles. The number of hydrogen-bond donors (Lipinski definition) is 2. The van der Waals surface area contributed by atoms with Crippen molar-refractivity contribution < 1.29 is 0 Å². The van der Waals surface area contributed by atoms with Crippen LogP contribution in [0.1, 0.15) is 5.69 Å². The Balaban J connectivity index is 2.97. The molecule has 5 nitrogen and oxygen atoms in total. The van der Waals surface area contributed by atoms with Crippen LogP contribution in [-0.2, 0) is 0 Å². The van der Waals surface area contributed by atoms with E-state index in [9.17, 15) is 0 Å². The fourth-order valence-electron chi connectivity index (χ4n) is 0.605. The van der Waals surface area contributed by atoms with Crippen LogP contribution in [0.5, 0.6) is 0 Å². The first kappa shape index (κ1) is 7.46. The van der Waals surface area contributed by atoms with Gasteiger partial charge in [0.1, 0.15) is 0 Å². The number of rotatable bonds is 1. The van der Waals surface area contributed by atoms with Gasteiger partial charge in [0.15, 0.2) is 5.96 Å². The highest BCUT2D eigenvalue weighted by Crippen LogP contribution is 2.01. The molecule has 0 aromatic carbocycles. The Labute approximate surface area is 64.2 Å². The molecule has 0 aliphatic rings. The van der Waals surface area contributed by atoms with Crippen LogP contribution >= 0.6 is 0 Å². The Kier molecular flexibility index (Phi) is 2.00. The molecule has 5 heteroatoms. The second kappa shape index (κ2) is 2.96. The third-order valence-corrected chi connectivity index (χ3v) is 1.01. The summed E-state index contributed by atoms with van der Waals surface area (Å²) in [6.45, 7) is 1.84. The zero-order valence-electron chi connectivity index (χ0n) is 6.15. The van der Waals surface area contributed by atoms with E-state index in [-0.39, 0.29) is 5.96 Å². The summed E-state index contributed by atoms with van der Waals surface area (Å²) in [6, 6.07) is 1.77. The molecule has 0 bridgehead atoms. The largest absolute Gasteiger partial charge is 0.370 e. The standard InChI is InChI=1S/C6H9N5/c1-4-2-3-9-6(10-4)11-5(7)8/h2-3H,1H3,(H4,7,8,9,10,11). The summed E-state index contributed by atoms with van der Waals surface area (Å²) in [6.07, 6.45) is 1.60. The molecule has 0 radical (unpaired) electrons. The molecular formula is C6H9N5. The van der Waals surface area contributed by atoms with Crippen molar-refractivity contribution in [2.24, 2.45) is 16.5 Å². The lowest BCUT2D eigenvalue weighted by Crippen LogP contribution is -2.22. The lowest BCUT2D eigenvalue weighted by Gasteiger charge is -1.93. The summed E-state index contributed by atoms with van der Waals surface area (Å²) in [7, 11) is 0. The van der Waals surface area contributed by atoms with Crippen molar-refractivity contribution in [3.63, 3.8) is 0 Å². The van der Waals surface area contributed by atoms with E-state index in [1.807, 2.05) is 6.92 Å². The summed E-state index contributed by atoms with van der Waals surface area (Å²) in [5, 5.41) is 0. The van der Waals surface area contributed by atoms with Crippen molar-refractivity contribution in [2.75, 3.05) is 0 Å². The van der Waals surface area contributed by atoms with Crippen LogP contribution in [0.2, 0.25) is 0 Å². The van der Waals surface area contributed by atoms with Gasteiger partial charge in [-0.1, -0.05) is 0 Å². The van der Waals surface area contributed by atoms with Gasteiger partial charge in [-0.25, -0.2) is 9.97 Å². The van der Waals surface area contributed by atoms with Crippen molar-refractivity contribution in [2.45, 2.75) is 6.92 Å². The molecule has 0 atom stereocenters. The molecule has 0 saturated heterocycles. The Morgan fingerprint density at radius 1 is 1.55 bits per heavy atom. The maximum atomic E-state index is 5.12. The number of guanidine groups is 1. The predicted molar refractivity (Wildman–Crippen MR) is 42.2 cm³/mol. The van der Waals surface area contributed by atoms with Gasteiger partial charge in [0.2, 0.25) is 0 Å². The fraction of sp³-hybridized carbons (Fsp3) is 0.167. The molecule has 4 N–H and O–H groups in total. The first-order valence-electron chi connectivity index (χ1n) is 3.08. The van der Waals surface area contributed by atoms with Gasteiger partial charge < -0.3 is 11.5 Å². The van der Waals surface area contributed by atoms with Gasteiger partial charge in [0.05, 0.1) is 0 Å². The van der Waals surface area contributed by atoms with E-state index < -0.39 is 0 Å². The molecule has 0 fully saturated rings. The Morgan fingerprint density at radius 2 is 2.27 bits per heavy atom. The highest BCUT2D eigenvalue weighted by atomic mass is 15.1. The van der Waals surface area contributed by atoms with Crippen molar-refractivity contribution in [1.82, 2.24) is 9.97 Å². The summed E-state index contributed by atoms with van der Waals surface area (Å²) in [4.78, 5) is 11.4. The molecule has 0 amide bonds. The number of aliphatic imine (C=N–C) groups is 1. The molecule has 1 rings (SSSR count). The van der Waals surface area contributed by atoms with Crippen LogP contribution in [0.4, 0.5) is 5.95 Å². The van der Waals surface area contributed by atoms with Gasteiger partial charge in [-0.05, 0) is 13.0 Å². The second-order valence-electron chi connectivity index (χ2n) is 2.03. The zero-order valence-corrected chi connectivity index (χ0v) is 6.15. The quantitative estimate of drug-likeness (QED) is 0.425. The predicted octanol–water partition coefficient (Wildman–Crippen LogP) is -0.310. The lowest BCUT2D eigenvalue weighted by atomic mass is 10.5. The third kappa shape index (κ3) is 2.21. The van der Waals surface area contributed by atoms with E-state index in [4.69, 9.17) is 11.5 Å². The van der Waals surface area contributed by atoms with Gasteiger partial charge in [-0.15, -0.1) is 0 Å². The minimum Gasteiger partial charge on any atom is -0.370 e. The van der Waals surface area contributed by atoms with E-state index in [0.717, 1.165) is 5.69 Å². The number of nitrogens with zero attached hydrogens (tertiary/aromatic N) is 3. The molecule has 58 valence electrons. The van der Waals surface area contributed by atoms with Gasteiger partial charge in [-0.3, -0.25) is 0 Å². The molecule has 1 heterocycles. The molecule has 1 aromatic heterocycles. The monoisotopic (exact) mass is 151 g/mol. The van der Waals surface area contributed by atoms with Crippen LogP contribution in [0.3, 0.4) is 0 Å². The molecular weight excluding hydrogens is 142 g/mol. The minimum absolute atomic E-state index is 0.0319. The second-order valence-corrected chi connectivity index (χ2v) is 2.03. The molecule has 0 unspecified atom stereocenters. The molecule has 0 aliphatic heterocycles. The Hall–Kier alpha value is -1.65. The van der Waals surface area contributed by atoms with E-state index in [0.29, 0.717) is 5.95 Å². The molecule has 11 heavy (non-hydrogen) atoms. The van der Waals surface area contributed by atoms with Crippen molar-refractivity contribution in [3.8, 4) is 0 Å². The average molecular weight is 151 g/mol. The van der Waals surface area contributed by atoms with E-state index in [1.54, 1.807) is 12.3 Å². The summed E-state index contributed by atoms with van der Waals surface area (Å²) in [5.41, 5.74) is 11.1. The Morgan fingerprint density at radius 3 is 2.82 bits per heavy atom. The van der Waals surface area contributed by atoms with Gasteiger partial charge in [-0.2, -0.15) is 4.99 Å². The van der Waals surface area contributed by atoms with Crippen LogP contribution in [0.25, 0.3) is 0 Å². The van der Waals surface area contributed by atoms with Crippen LogP contribution < -0.4 is 11.5 Å². The SMILES string of the molecule is Cc1ccnc(N=C(N)N)n1. The van der Waals surface area contributed by atoms with Crippen LogP contribution in [0, 0.1) is 6.92 Å². The van der Waals surface area contributed by atoms with Crippen molar-refractivity contribution >= 4 is 11.9 Å². The molecule has 1 aromatic rings. The molecule has 0 spiro atoms. The van der Waals surface area contributed by atoms with Gasteiger partial charge in [0, 0.05) is 11.9 Å². The lowest BCUT2D eigenvalue weighted by molar-refractivity contribution is 1.08. The van der Waals surface area contributed by atoms with E-state index in [2.05, 4.69) is 15.0 Å². The first-order valence-corrected chi connectivity index (χ1v) is 3.08. The maximum absolute atomic E-state index is 5.12. The third-order valence-electron chi connectivity index (χ3n) is 1.01. The highest BCUT2D eigenvalue weighted by molar-refractivity contribution is 5.77. The number of aryl methyl sites for hydroxylation is 1. The van der Waals surface area contributed by atoms with Crippen LogP contribution in [-0.4, -0.2) is 15.9 Å². The summed E-state index contributed by atoms with van der Waals surface area (Å²) < 4.78 is 0. The highest BCUT2D eigenvalue weighted by Gasteiger charge is 1.91. The van der Waals surface area contributed by atoms with Gasteiger partial charge >= 0.3 is 0 Å².